The van der Waals surface area contributed by atoms with Crippen LogP contribution < -0.4 is 4.74 Å². The van der Waals surface area contributed by atoms with Gasteiger partial charge < -0.3 is 4.74 Å². The standard InChI is InChI=1S/C20H20F3N5O3S/c1-31-16-8-6-15(7-9-16)28-19(24-25-26-28)14-10-12-27(13-11-14)32(29,30)18-5-3-2-4-17(18)20(21,22)23/h2-9,14H,10-13H2,1H3. The average Bonchev–Trinajstić information content (AvgIpc) is 3.28. The molecule has 4 rings (SSSR count). The van der Waals surface area contributed by atoms with E-state index < -0.39 is 26.7 Å². The summed E-state index contributed by atoms with van der Waals surface area (Å²) >= 11 is 0. The molecule has 3 aromatic rings. The number of sulfonamides is 1. The van der Waals surface area contributed by atoms with Crippen LogP contribution >= 0.6 is 0 Å². The number of aromatic nitrogens is 4. The lowest BCUT2D eigenvalue weighted by atomic mass is 9.97. The van der Waals surface area contributed by atoms with E-state index in [9.17, 15) is 21.6 Å². The monoisotopic (exact) mass is 467 g/mol. The lowest BCUT2D eigenvalue weighted by Crippen LogP contribution is -2.39. The highest BCUT2D eigenvalue weighted by molar-refractivity contribution is 7.89. The molecule has 1 aliphatic rings. The maximum Gasteiger partial charge on any atom is 0.417 e. The molecule has 2 heterocycles. The van der Waals surface area contributed by atoms with Gasteiger partial charge in [-0.2, -0.15) is 22.2 Å². The van der Waals surface area contributed by atoms with Crippen LogP contribution in [0.4, 0.5) is 13.2 Å². The molecule has 0 spiro atoms. The van der Waals surface area contributed by atoms with Gasteiger partial charge in [-0.25, -0.2) is 8.42 Å². The van der Waals surface area contributed by atoms with Crippen molar-refractivity contribution in [3.8, 4) is 11.4 Å². The molecular formula is C20H20F3N5O3S. The van der Waals surface area contributed by atoms with Crippen LogP contribution in [0.3, 0.4) is 0 Å². The number of hydrogen-bond acceptors (Lipinski definition) is 6. The van der Waals surface area contributed by atoms with Crippen LogP contribution in [0.2, 0.25) is 0 Å². The molecule has 12 heteroatoms. The summed E-state index contributed by atoms with van der Waals surface area (Å²) in [5, 5.41) is 11.9. The molecule has 2 aromatic carbocycles. The van der Waals surface area contributed by atoms with E-state index in [1.54, 1.807) is 36.1 Å². The Labute approximate surface area is 182 Å². The smallest absolute Gasteiger partial charge is 0.417 e. The molecule has 0 bridgehead atoms. The molecule has 0 amide bonds. The van der Waals surface area contributed by atoms with E-state index in [4.69, 9.17) is 4.74 Å². The zero-order chi connectivity index (χ0) is 22.9. The molecule has 0 aliphatic carbocycles. The maximum atomic E-state index is 13.3. The van der Waals surface area contributed by atoms with Gasteiger partial charge in [-0.1, -0.05) is 12.1 Å². The van der Waals surface area contributed by atoms with Crippen molar-refractivity contribution in [2.75, 3.05) is 20.2 Å². The van der Waals surface area contributed by atoms with Gasteiger partial charge in [-0.15, -0.1) is 5.10 Å². The molecule has 1 fully saturated rings. The summed E-state index contributed by atoms with van der Waals surface area (Å²) in [5.41, 5.74) is -0.439. The third kappa shape index (κ3) is 4.19. The van der Waals surface area contributed by atoms with Gasteiger partial charge in [0.2, 0.25) is 10.0 Å². The van der Waals surface area contributed by atoms with Crippen LogP contribution in [0.15, 0.2) is 53.4 Å². The molecular weight excluding hydrogens is 447 g/mol. The Balaban J connectivity index is 1.53. The third-order valence-electron chi connectivity index (χ3n) is 5.44. The first-order valence-corrected chi connectivity index (χ1v) is 11.2. The minimum absolute atomic E-state index is 0.0642. The van der Waals surface area contributed by atoms with E-state index in [-0.39, 0.29) is 19.0 Å². The zero-order valence-corrected chi connectivity index (χ0v) is 17.8. The minimum atomic E-state index is -4.76. The number of tetrazole rings is 1. The highest BCUT2D eigenvalue weighted by Crippen LogP contribution is 2.37. The van der Waals surface area contributed by atoms with Crippen LogP contribution in [-0.2, 0) is 16.2 Å². The van der Waals surface area contributed by atoms with Crippen LogP contribution in [0, 0.1) is 0 Å². The van der Waals surface area contributed by atoms with Gasteiger partial charge in [-0.05, 0) is 59.7 Å². The van der Waals surface area contributed by atoms with Crippen molar-refractivity contribution >= 4 is 10.0 Å². The number of hydrogen-bond donors (Lipinski definition) is 0. The summed E-state index contributed by atoms with van der Waals surface area (Å²) in [6.45, 7) is 0.128. The lowest BCUT2D eigenvalue weighted by Gasteiger charge is -2.31. The second kappa shape index (κ2) is 8.51. The fraction of sp³-hybridized carbons (Fsp3) is 0.350. The fourth-order valence-electron chi connectivity index (χ4n) is 3.78. The number of nitrogens with zero attached hydrogens (tertiary/aromatic N) is 5. The number of methoxy groups -OCH3 is 1. The Kier molecular flexibility index (Phi) is 5.91. The van der Waals surface area contributed by atoms with Crippen LogP contribution in [0.1, 0.15) is 30.1 Å². The van der Waals surface area contributed by atoms with E-state index in [1.807, 2.05) is 0 Å². The Hall–Kier alpha value is -2.99. The number of ether oxygens (including phenoxy) is 1. The largest absolute Gasteiger partial charge is 0.497 e. The molecule has 0 unspecified atom stereocenters. The van der Waals surface area contributed by atoms with Gasteiger partial charge in [0.15, 0.2) is 5.82 Å². The van der Waals surface area contributed by atoms with E-state index in [1.165, 1.54) is 12.1 Å². The van der Waals surface area contributed by atoms with Gasteiger partial charge in [-0.3, -0.25) is 0 Å². The van der Waals surface area contributed by atoms with E-state index in [2.05, 4.69) is 15.5 Å². The van der Waals surface area contributed by atoms with E-state index in [0.29, 0.717) is 24.4 Å². The number of halogens is 3. The minimum Gasteiger partial charge on any atom is -0.497 e. The summed E-state index contributed by atoms with van der Waals surface area (Å²) in [4.78, 5) is -0.728. The normalized spacial score (nSPS) is 16.2. The molecule has 0 saturated carbocycles. The van der Waals surface area contributed by atoms with Gasteiger partial charge in [0.05, 0.1) is 23.3 Å². The molecule has 0 N–H and O–H groups in total. The molecule has 1 aliphatic heterocycles. The van der Waals surface area contributed by atoms with Crippen molar-refractivity contribution in [1.29, 1.82) is 0 Å². The summed E-state index contributed by atoms with van der Waals surface area (Å²) in [6, 6.07) is 11.4. The quantitative estimate of drug-likeness (QED) is 0.572. The van der Waals surface area contributed by atoms with Gasteiger partial charge in [0.25, 0.3) is 0 Å². The first kappa shape index (κ1) is 22.2. The van der Waals surface area contributed by atoms with Gasteiger partial charge in [0.1, 0.15) is 5.75 Å². The highest BCUT2D eigenvalue weighted by Gasteiger charge is 2.40. The van der Waals surface area contributed by atoms with E-state index >= 15 is 0 Å². The summed E-state index contributed by atoms with van der Waals surface area (Å²) < 4.78 is 73.7. The Morgan fingerprint density at radius 3 is 2.31 bits per heavy atom. The topological polar surface area (TPSA) is 90.2 Å². The molecule has 32 heavy (non-hydrogen) atoms. The second-order valence-electron chi connectivity index (χ2n) is 7.32. The van der Waals surface area contributed by atoms with Crippen LogP contribution in [0.25, 0.3) is 5.69 Å². The highest BCUT2D eigenvalue weighted by atomic mass is 32.2. The van der Waals surface area contributed by atoms with Crippen molar-refractivity contribution in [3.05, 3.63) is 59.9 Å². The maximum absolute atomic E-state index is 13.3. The second-order valence-corrected chi connectivity index (χ2v) is 9.23. The van der Waals surface area contributed by atoms with Crippen molar-refractivity contribution in [3.63, 3.8) is 0 Å². The summed E-state index contributed by atoms with van der Waals surface area (Å²) in [6.07, 6.45) is -4.00. The van der Waals surface area contributed by atoms with Gasteiger partial charge >= 0.3 is 6.18 Å². The number of benzene rings is 2. The van der Waals surface area contributed by atoms with Gasteiger partial charge in [0, 0.05) is 19.0 Å². The average molecular weight is 467 g/mol. The Bertz CT molecular complexity index is 1190. The lowest BCUT2D eigenvalue weighted by molar-refractivity contribution is -0.139. The number of rotatable bonds is 5. The molecule has 170 valence electrons. The Morgan fingerprint density at radius 2 is 1.69 bits per heavy atom. The SMILES string of the molecule is COc1ccc(-n2nnnc2C2CCN(S(=O)(=O)c3ccccc3C(F)(F)F)CC2)cc1. The van der Waals surface area contributed by atoms with E-state index in [0.717, 1.165) is 22.1 Å². The molecule has 1 saturated heterocycles. The van der Waals surface area contributed by atoms with Crippen molar-refractivity contribution in [2.45, 2.75) is 29.8 Å². The number of alkyl halides is 3. The molecule has 1 aromatic heterocycles. The first-order chi connectivity index (χ1) is 15.2. The molecule has 0 atom stereocenters. The number of piperidine rings is 1. The fourth-order valence-corrected chi connectivity index (χ4v) is 5.46. The predicted molar refractivity (Wildman–Crippen MR) is 108 cm³/mol. The van der Waals surface area contributed by atoms with Crippen LogP contribution in [0.5, 0.6) is 5.75 Å². The third-order valence-corrected chi connectivity index (χ3v) is 7.40. The van der Waals surface area contributed by atoms with Crippen molar-refractivity contribution < 1.29 is 26.3 Å². The zero-order valence-electron chi connectivity index (χ0n) is 17.0. The molecule has 0 radical (unpaired) electrons. The predicted octanol–water partition coefficient (Wildman–Crippen LogP) is 3.26. The molecule has 8 nitrogen and oxygen atoms in total. The Morgan fingerprint density at radius 1 is 1.03 bits per heavy atom. The van der Waals surface area contributed by atoms with Crippen molar-refractivity contribution in [1.82, 2.24) is 24.5 Å². The first-order valence-electron chi connectivity index (χ1n) is 9.81. The van der Waals surface area contributed by atoms with Crippen LogP contribution in [-0.4, -0.2) is 53.1 Å². The summed E-state index contributed by atoms with van der Waals surface area (Å²) in [5.74, 6) is 1.11. The summed E-state index contributed by atoms with van der Waals surface area (Å²) in [7, 11) is -2.74. The van der Waals surface area contributed by atoms with Crippen molar-refractivity contribution in [2.24, 2.45) is 0 Å².